The van der Waals surface area contributed by atoms with E-state index in [1.54, 1.807) is 0 Å². The fourth-order valence-corrected chi connectivity index (χ4v) is 19.3. The first-order valence-electron chi connectivity index (χ1n) is 63.4. The van der Waals surface area contributed by atoms with Crippen molar-refractivity contribution >= 4 is 182 Å². The molecule has 3 aromatic heterocycles. The van der Waals surface area contributed by atoms with E-state index in [1.165, 1.54) is 67.2 Å². The summed E-state index contributed by atoms with van der Waals surface area (Å²) in [5.41, 5.74) is 11.9. The predicted molar refractivity (Wildman–Crippen MR) is 613 cm³/mol. The number of benzene rings is 25. The lowest BCUT2D eigenvalue weighted by atomic mass is 9.95. The molecule has 0 fully saturated rings. The highest BCUT2D eigenvalue weighted by Crippen LogP contribution is 2.50. The van der Waals surface area contributed by atoms with Crippen molar-refractivity contribution in [2.75, 3.05) is 14.7 Å². The van der Waals surface area contributed by atoms with Crippen molar-refractivity contribution in [1.29, 1.82) is 0 Å². The SMILES string of the molecule is [2H]c1c([2H])c([2H])c(-c2c([2H])c([2H])c(N(c3c([2H])c([2H])c(-c4c([2H])c([2H])c5c([2H])c([2H])c([2H])c([2H])c5c4[2H])c([2H])c3[2H])c3c([2H])c(C)c4c(oc5c6c([2H])c([2H])c([2H])c([2H])c6c([2H])c([2H])c54)c3[2H])c([2H])c2[2H])c([2H])c1[2H].[2H]c1c([2H])c([2H])c(-c2ccc(N(c3ccc(-c4cccc5ccccc45)cc3)c3ccc4c(c3)oc3c5ccccc5ccc43)cc2)c([2H])c1[2H].c1ccc(-c2ccc(N(c3ccc(-c4cccc5ccccc45)cc3)c3ccc4c(c3)oc3c5ccccc5cc(-c5ccccc5)c43)cc2)cc1. The molecule has 3 heterocycles. The van der Waals surface area contributed by atoms with Crippen LogP contribution in [0.3, 0.4) is 0 Å². The van der Waals surface area contributed by atoms with E-state index in [1.807, 2.05) is 36.4 Å². The van der Waals surface area contributed by atoms with E-state index < -0.39 is 247 Å². The molecular formula is C139H93N3O3. The number of furan rings is 3. The van der Waals surface area contributed by atoms with Crippen LogP contribution < -0.4 is 14.7 Å². The normalized spacial score (nSPS) is 14.7. The van der Waals surface area contributed by atoms with E-state index >= 15 is 0 Å². The smallest absolute Gasteiger partial charge is 0.143 e. The average molecular weight is 1890 g/mol. The lowest BCUT2D eigenvalue weighted by molar-refractivity contribution is 0.672. The second-order valence-corrected chi connectivity index (χ2v) is 34.7. The van der Waals surface area contributed by atoms with Crippen LogP contribution in [0, 0.1) is 6.92 Å². The largest absolute Gasteiger partial charge is 0.455 e. The van der Waals surface area contributed by atoms with Gasteiger partial charge in [-0.3, -0.25) is 0 Å². The van der Waals surface area contributed by atoms with Gasteiger partial charge in [-0.15, -0.1) is 0 Å². The van der Waals surface area contributed by atoms with Crippen LogP contribution >= 0.6 is 0 Å². The van der Waals surface area contributed by atoms with E-state index in [0.717, 1.165) is 105 Å². The lowest BCUT2D eigenvalue weighted by Crippen LogP contribution is -2.10. The second kappa shape index (κ2) is 37.2. The Kier molecular flexibility index (Phi) is 14.9. The highest BCUT2D eigenvalue weighted by Gasteiger charge is 2.25. The van der Waals surface area contributed by atoms with Crippen molar-refractivity contribution in [2.24, 2.45) is 0 Å². The molecule has 28 rings (SSSR count). The van der Waals surface area contributed by atoms with Crippen molar-refractivity contribution in [3.05, 3.63) is 551 Å². The molecule has 28 aromatic rings. The van der Waals surface area contributed by atoms with E-state index in [2.05, 4.69) is 319 Å². The van der Waals surface area contributed by atoms with E-state index in [4.69, 9.17) is 44.8 Å². The molecule has 0 aliphatic rings. The number of aryl methyl sites for hydroxylation is 1. The zero-order valence-electron chi connectivity index (χ0n) is 110. The van der Waals surface area contributed by atoms with Crippen molar-refractivity contribution in [1.82, 2.24) is 0 Å². The number of hydrogen-bond acceptors (Lipinski definition) is 6. The number of fused-ring (bicyclic) bond motifs is 18. The summed E-state index contributed by atoms with van der Waals surface area (Å²) in [7, 11) is 0. The first kappa shape index (κ1) is 58.0. The minimum Gasteiger partial charge on any atom is -0.455 e. The molecule has 0 unspecified atom stereocenters. The van der Waals surface area contributed by atoms with Gasteiger partial charge in [0.1, 0.15) is 33.5 Å². The van der Waals surface area contributed by atoms with Crippen LogP contribution in [0.2, 0.25) is 0 Å². The van der Waals surface area contributed by atoms with Crippen LogP contribution in [-0.4, -0.2) is 0 Å². The summed E-state index contributed by atoms with van der Waals surface area (Å²) in [4.78, 5) is 4.95. The number of hydrogen-bond donors (Lipinski definition) is 0. The van der Waals surface area contributed by atoms with Crippen molar-refractivity contribution < 1.29 is 58.5 Å². The summed E-state index contributed by atoms with van der Waals surface area (Å²) >= 11 is 0. The van der Waals surface area contributed by atoms with Gasteiger partial charge in [-0.1, -0.05) is 400 Å². The first-order chi connectivity index (χ1) is 85.5. The molecule has 682 valence electrons. The van der Waals surface area contributed by atoms with Gasteiger partial charge in [-0.2, -0.15) is 0 Å². The average Bonchev–Trinajstić information content (AvgIpc) is 1.65. The Morgan fingerprint density at radius 2 is 0.559 bits per heavy atom. The predicted octanol–water partition coefficient (Wildman–Crippen LogP) is 40.1. The van der Waals surface area contributed by atoms with E-state index in [9.17, 15) is 13.7 Å². The minimum absolute atomic E-state index is 0.175. The third kappa shape index (κ3) is 16.3. The number of rotatable bonds is 16. The molecule has 0 saturated heterocycles. The summed E-state index contributed by atoms with van der Waals surface area (Å²) in [6.45, 7) is 1.25. The molecule has 145 heavy (non-hydrogen) atoms. The number of nitrogens with zero attached hydrogens (tertiary/aromatic N) is 3. The summed E-state index contributed by atoms with van der Waals surface area (Å²) in [6.07, 6.45) is 0. The summed E-state index contributed by atoms with van der Waals surface area (Å²) < 4.78 is 310. The van der Waals surface area contributed by atoms with Crippen LogP contribution in [0.25, 0.3) is 208 Å². The maximum absolute atomic E-state index is 9.75. The molecule has 25 aromatic carbocycles. The van der Waals surface area contributed by atoms with Gasteiger partial charge < -0.3 is 28.0 Å². The molecule has 0 spiro atoms. The Labute approximate surface area is 886 Å². The number of anilines is 9. The molecule has 0 aliphatic carbocycles. The molecule has 0 bridgehead atoms. The Balaban J connectivity index is 0.000000132. The van der Waals surface area contributed by atoms with Gasteiger partial charge in [-0.25, -0.2) is 0 Å². The van der Waals surface area contributed by atoms with Gasteiger partial charge in [0, 0.05) is 112 Å². The van der Waals surface area contributed by atoms with E-state index in [-0.39, 0.29) is 46.1 Å². The third-order valence-corrected chi connectivity index (χ3v) is 26.2. The maximum Gasteiger partial charge on any atom is 0.143 e. The first-order valence-corrected chi connectivity index (χ1v) is 46.9. The zero-order valence-corrected chi connectivity index (χ0v) is 77.0. The maximum atomic E-state index is 9.75. The minimum atomic E-state index is -1.19. The molecular weight excluding hydrogens is 1760 g/mol. The lowest BCUT2D eigenvalue weighted by Gasteiger charge is -2.26. The Morgan fingerprint density at radius 1 is 0.172 bits per heavy atom. The second-order valence-electron chi connectivity index (χ2n) is 34.7. The molecule has 0 N–H and O–H groups in total. The quantitative estimate of drug-likeness (QED) is 0.0961. The monoisotopic (exact) mass is 1880 g/mol. The highest BCUT2D eigenvalue weighted by atomic mass is 16.3. The van der Waals surface area contributed by atoms with Crippen molar-refractivity contribution in [3.63, 3.8) is 0 Å². The van der Waals surface area contributed by atoms with Gasteiger partial charge in [0.05, 0.1) is 50.9 Å². The van der Waals surface area contributed by atoms with Crippen LogP contribution in [0.5, 0.6) is 0 Å². The molecule has 6 heteroatoms. The molecule has 0 atom stereocenters. The summed E-state index contributed by atoms with van der Waals surface area (Å²) in [5, 5.41) is 11.2. The van der Waals surface area contributed by atoms with Gasteiger partial charge in [-0.05, 0) is 266 Å². The highest BCUT2D eigenvalue weighted by molar-refractivity contribution is 6.23. The zero-order chi connectivity index (χ0) is 125. The van der Waals surface area contributed by atoms with E-state index in [0.29, 0.717) is 10.5 Å². The molecule has 0 amide bonds. The van der Waals surface area contributed by atoms with Crippen LogP contribution in [0.4, 0.5) is 51.2 Å². The standard InChI is InChI=1S/C50H33NO.C45H31NO.C44H29NO/c1-3-12-34(13-4-1)35-22-26-40(27-23-35)51(41-28-24-38(25-29-41)44-21-11-18-36-16-7-9-19-43(36)44)42-30-31-46-48(33-42)52-50-45-20-10-8-17-39(45)32-47(49(46)50)37-14-5-2-6-15-37;1-30-27-40(29-43-44(30)42-26-21-35-12-7-8-14-41(35)45(42)47-43)46(38-22-17-33(18-23-38)31-9-3-2-4-10-31)39-24-19-34(20-25-39)37-16-15-32-11-5-6-13-36(32)28-37;1-2-9-30(10-3-1)31-17-22-35(23-18-31)45(36-24-19-34(20-25-36)39-16-8-13-32-11-4-6-14-38(32)39)37-26-28-41-42-27-21-33-12-5-7-15-40(33)44(42)46-43(41)29-37/h1-33H;2-29H,1H3;1-29H/i;2D,3D,4D,5D,6D,7D,8D,9D,10D,11D,12D,13D,14D,15D,16D,17D,18D,19D,20D,21D,22D,23D,24D,25D,26D,27D,28D,29D;1D,2D,3D,9D,10D. The molecule has 0 saturated carbocycles. The Morgan fingerprint density at radius 3 is 1.14 bits per heavy atom. The van der Waals surface area contributed by atoms with Crippen molar-refractivity contribution in [2.45, 2.75) is 6.92 Å². The van der Waals surface area contributed by atoms with Gasteiger partial charge in [0.25, 0.3) is 0 Å². The molecule has 0 aliphatic heterocycles. The third-order valence-electron chi connectivity index (χ3n) is 26.2. The topological polar surface area (TPSA) is 49.1 Å². The molecule has 0 radical (unpaired) electrons. The fourth-order valence-electron chi connectivity index (χ4n) is 19.3. The van der Waals surface area contributed by atoms with Crippen LogP contribution in [0.1, 0.15) is 50.8 Å². The van der Waals surface area contributed by atoms with Gasteiger partial charge in [0.2, 0.25) is 0 Å². The van der Waals surface area contributed by atoms with Crippen LogP contribution in [0.15, 0.2) is 558 Å². The van der Waals surface area contributed by atoms with Crippen LogP contribution in [-0.2, 0) is 0 Å². The fraction of sp³-hybridized carbons (Fsp3) is 0.00719. The molecule has 6 nitrogen and oxygen atoms in total. The summed E-state index contributed by atoms with van der Waals surface area (Å²) in [6, 6.07) is 93.7. The van der Waals surface area contributed by atoms with Gasteiger partial charge in [0.15, 0.2) is 0 Å². The Bertz CT molecular complexity index is 11800. The van der Waals surface area contributed by atoms with Gasteiger partial charge >= 0.3 is 0 Å². The Hall–Kier alpha value is -19.1. The summed E-state index contributed by atoms with van der Waals surface area (Å²) in [5.74, 6) is 0. The van der Waals surface area contributed by atoms with Crippen molar-refractivity contribution in [3.8, 4) is 77.9 Å².